The lowest BCUT2D eigenvalue weighted by atomic mass is 10.1. The molecule has 15 heavy (non-hydrogen) atoms. The highest BCUT2D eigenvalue weighted by atomic mass is 15.2. The van der Waals surface area contributed by atoms with Gasteiger partial charge < -0.3 is 5.32 Å². The van der Waals surface area contributed by atoms with Crippen LogP contribution in [0.5, 0.6) is 0 Å². The highest BCUT2D eigenvalue weighted by molar-refractivity contribution is 5.03. The van der Waals surface area contributed by atoms with E-state index in [1.54, 1.807) is 0 Å². The summed E-state index contributed by atoms with van der Waals surface area (Å²) >= 11 is 0. The number of aromatic nitrogens is 1. The normalized spacial score (nSPS) is 21.9. The van der Waals surface area contributed by atoms with E-state index in [1.807, 2.05) is 12.3 Å². The smallest absolute Gasteiger partial charge is 0.0543 e. The maximum Gasteiger partial charge on any atom is 0.0543 e. The van der Waals surface area contributed by atoms with Gasteiger partial charge in [0.25, 0.3) is 0 Å². The molecule has 0 spiro atoms. The van der Waals surface area contributed by atoms with Gasteiger partial charge in [0.05, 0.1) is 5.69 Å². The Hall–Kier alpha value is -0.930. The highest BCUT2D eigenvalue weighted by Crippen LogP contribution is 2.10. The van der Waals surface area contributed by atoms with Crippen LogP contribution in [-0.4, -0.2) is 36.1 Å². The topological polar surface area (TPSA) is 28.2 Å². The zero-order valence-corrected chi connectivity index (χ0v) is 9.32. The molecule has 1 aromatic rings. The number of hydrogen-bond donors (Lipinski definition) is 1. The van der Waals surface area contributed by atoms with E-state index in [9.17, 15) is 0 Å². The second-order valence-electron chi connectivity index (χ2n) is 4.24. The van der Waals surface area contributed by atoms with Crippen LogP contribution in [0.3, 0.4) is 0 Å². The van der Waals surface area contributed by atoms with E-state index in [0.29, 0.717) is 6.04 Å². The molecule has 3 heteroatoms. The lowest BCUT2D eigenvalue weighted by Crippen LogP contribution is -2.43. The van der Waals surface area contributed by atoms with Crippen LogP contribution < -0.4 is 5.32 Å². The van der Waals surface area contributed by atoms with Crippen molar-refractivity contribution in [1.82, 2.24) is 15.2 Å². The van der Waals surface area contributed by atoms with E-state index >= 15 is 0 Å². The van der Waals surface area contributed by atoms with E-state index in [0.717, 1.165) is 18.8 Å². The molecule has 0 aliphatic carbocycles. The molecule has 1 aliphatic heterocycles. The van der Waals surface area contributed by atoms with Crippen LogP contribution in [0.4, 0.5) is 0 Å². The van der Waals surface area contributed by atoms with Crippen molar-refractivity contribution in [3.8, 4) is 0 Å². The first-order chi connectivity index (χ1) is 7.36. The van der Waals surface area contributed by atoms with Crippen molar-refractivity contribution in [1.29, 1.82) is 0 Å². The second-order valence-corrected chi connectivity index (χ2v) is 4.24. The zero-order valence-electron chi connectivity index (χ0n) is 9.32. The molecule has 1 aliphatic rings. The van der Waals surface area contributed by atoms with Gasteiger partial charge >= 0.3 is 0 Å². The summed E-state index contributed by atoms with van der Waals surface area (Å²) in [4.78, 5) is 6.75. The Morgan fingerprint density at radius 2 is 2.47 bits per heavy atom. The van der Waals surface area contributed by atoms with Gasteiger partial charge in [-0.1, -0.05) is 6.07 Å². The van der Waals surface area contributed by atoms with Crippen LogP contribution in [0.15, 0.2) is 24.4 Å². The molecule has 0 aromatic carbocycles. The average Bonchev–Trinajstić information content (AvgIpc) is 2.31. The third-order valence-corrected chi connectivity index (χ3v) is 3.03. The van der Waals surface area contributed by atoms with Crippen molar-refractivity contribution in [2.75, 3.05) is 20.1 Å². The average molecular weight is 205 g/mol. The summed E-state index contributed by atoms with van der Waals surface area (Å²) in [5.74, 6) is 0. The molecule has 1 atom stereocenters. The zero-order chi connectivity index (χ0) is 10.5. The number of piperidine rings is 1. The Balaban J connectivity index is 1.88. The minimum Gasteiger partial charge on any atom is -0.315 e. The number of nitrogens with zero attached hydrogens (tertiary/aromatic N) is 2. The Morgan fingerprint density at radius 3 is 3.13 bits per heavy atom. The SMILES string of the molecule is CN(Cc1ccccn1)C1CCCNC1. The number of likely N-dealkylation sites (N-methyl/N-ethyl adjacent to an activating group) is 1. The monoisotopic (exact) mass is 205 g/mol. The molecule has 3 nitrogen and oxygen atoms in total. The predicted molar refractivity (Wildman–Crippen MR) is 61.6 cm³/mol. The quantitative estimate of drug-likeness (QED) is 0.805. The Morgan fingerprint density at radius 1 is 1.53 bits per heavy atom. The van der Waals surface area contributed by atoms with Gasteiger partial charge in [0.1, 0.15) is 0 Å². The predicted octanol–water partition coefficient (Wildman–Crippen LogP) is 1.27. The van der Waals surface area contributed by atoms with Crippen molar-refractivity contribution in [3.63, 3.8) is 0 Å². The van der Waals surface area contributed by atoms with Crippen LogP contribution in [0, 0.1) is 0 Å². The largest absolute Gasteiger partial charge is 0.315 e. The summed E-state index contributed by atoms with van der Waals surface area (Å²) in [5.41, 5.74) is 1.16. The van der Waals surface area contributed by atoms with E-state index in [-0.39, 0.29) is 0 Å². The molecule has 82 valence electrons. The second kappa shape index (κ2) is 5.24. The number of hydrogen-bond acceptors (Lipinski definition) is 3. The van der Waals surface area contributed by atoms with Gasteiger partial charge in [-0.25, -0.2) is 0 Å². The summed E-state index contributed by atoms with van der Waals surface area (Å²) in [7, 11) is 2.19. The van der Waals surface area contributed by atoms with Gasteiger partial charge in [-0.15, -0.1) is 0 Å². The lowest BCUT2D eigenvalue weighted by molar-refractivity contribution is 0.194. The van der Waals surface area contributed by atoms with Crippen molar-refractivity contribution < 1.29 is 0 Å². The molecule has 0 amide bonds. The van der Waals surface area contributed by atoms with Crippen LogP contribution >= 0.6 is 0 Å². The molecule has 0 radical (unpaired) electrons. The Labute approximate surface area is 91.5 Å². The first-order valence-corrected chi connectivity index (χ1v) is 5.67. The van der Waals surface area contributed by atoms with E-state index in [4.69, 9.17) is 0 Å². The summed E-state index contributed by atoms with van der Waals surface area (Å²) in [6, 6.07) is 6.77. The fraction of sp³-hybridized carbons (Fsp3) is 0.583. The summed E-state index contributed by atoms with van der Waals surface area (Å²) in [5, 5.41) is 3.44. The summed E-state index contributed by atoms with van der Waals surface area (Å²) < 4.78 is 0. The summed E-state index contributed by atoms with van der Waals surface area (Å²) in [6.45, 7) is 3.24. The van der Waals surface area contributed by atoms with E-state index < -0.39 is 0 Å². The maximum atomic E-state index is 4.35. The molecule has 2 heterocycles. The van der Waals surface area contributed by atoms with Crippen LogP contribution in [0.25, 0.3) is 0 Å². The lowest BCUT2D eigenvalue weighted by Gasteiger charge is -2.31. The first-order valence-electron chi connectivity index (χ1n) is 5.67. The molecule has 0 saturated carbocycles. The van der Waals surface area contributed by atoms with Gasteiger partial charge in [-0.05, 0) is 38.6 Å². The molecule has 2 rings (SSSR count). The Kier molecular flexibility index (Phi) is 3.69. The van der Waals surface area contributed by atoms with E-state index in [2.05, 4.69) is 34.4 Å². The van der Waals surface area contributed by atoms with Gasteiger partial charge in [-0.3, -0.25) is 9.88 Å². The fourth-order valence-electron chi connectivity index (χ4n) is 2.09. The molecule has 1 N–H and O–H groups in total. The number of pyridine rings is 1. The standard InChI is InChI=1S/C12H19N3/c1-15(12-6-4-7-13-9-12)10-11-5-2-3-8-14-11/h2-3,5,8,12-13H,4,6-7,9-10H2,1H3. The van der Waals surface area contributed by atoms with Gasteiger partial charge in [0, 0.05) is 25.3 Å². The molecule has 0 bridgehead atoms. The molecular weight excluding hydrogens is 186 g/mol. The third kappa shape index (κ3) is 3.01. The minimum absolute atomic E-state index is 0.667. The van der Waals surface area contributed by atoms with Crippen LogP contribution in [-0.2, 0) is 6.54 Å². The van der Waals surface area contributed by atoms with Crippen molar-refractivity contribution in [2.45, 2.75) is 25.4 Å². The summed E-state index contributed by atoms with van der Waals surface area (Å²) in [6.07, 6.45) is 4.45. The molecular formula is C12H19N3. The van der Waals surface area contributed by atoms with Gasteiger partial charge in [-0.2, -0.15) is 0 Å². The fourth-order valence-corrected chi connectivity index (χ4v) is 2.09. The molecule has 1 saturated heterocycles. The van der Waals surface area contributed by atoms with Crippen LogP contribution in [0.1, 0.15) is 18.5 Å². The van der Waals surface area contributed by atoms with Crippen molar-refractivity contribution >= 4 is 0 Å². The maximum absolute atomic E-state index is 4.35. The number of rotatable bonds is 3. The third-order valence-electron chi connectivity index (χ3n) is 3.03. The highest BCUT2D eigenvalue weighted by Gasteiger charge is 2.17. The van der Waals surface area contributed by atoms with E-state index in [1.165, 1.54) is 19.4 Å². The molecule has 1 unspecified atom stereocenters. The van der Waals surface area contributed by atoms with Crippen molar-refractivity contribution in [3.05, 3.63) is 30.1 Å². The van der Waals surface area contributed by atoms with Gasteiger partial charge in [0.2, 0.25) is 0 Å². The molecule has 1 aromatic heterocycles. The minimum atomic E-state index is 0.667. The van der Waals surface area contributed by atoms with Gasteiger partial charge in [0.15, 0.2) is 0 Å². The first kappa shape index (κ1) is 10.6. The Bertz CT molecular complexity index is 280. The van der Waals surface area contributed by atoms with Crippen molar-refractivity contribution in [2.24, 2.45) is 0 Å². The number of nitrogens with one attached hydrogen (secondary N) is 1. The molecule has 1 fully saturated rings. The van der Waals surface area contributed by atoms with Crippen LogP contribution in [0.2, 0.25) is 0 Å².